The monoisotopic (exact) mass is 521 g/mol. The van der Waals surface area contributed by atoms with E-state index >= 15 is 0 Å². The van der Waals surface area contributed by atoms with Crippen molar-refractivity contribution < 1.29 is 9.59 Å². The molecule has 0 atom stereocenters. The van der Waals surface area contributed by atoms with Crippen molar-refractivity contribution in [2.75, 3.05) is 0 Å². The summed E-state index contributed by atoms with van der Waals surface area (Å²) in [6, 6.07) is 16.6. The van der Waals surface area contributed by atoms with E-state index in [1.54, 1.807) is 0 Å². The number of hydrogen-bond donors (Lipinski definition) is 1. The predicted molar refractivity (Wildman–Crippen MR) is 150 cm³/mol. The fourth-order valence-corrected chi connectivity index (χ4v) is 4.81. The summed E-state index contributed by atoms with van der Waals surface area (Å²) in [5.74, 6) is 1.50. The molecule has 0 fully saturated rings. The molecule has 0 saturated heterocycles. The molecule has 1 amide bonds. The molecule has 9 nitrogen and oxygen atoms in total. The van der Waals surface area contributed by atoms with Gasteiger partial charge in [0.15, 0.2) is 5.82 Å². The van der Waals surface area contributed by atoms with Crippen molar-refractivity contribution in [1.29, 1.82) is 0 Å². The fraction of sp³-hybridized carbons (Fsp3) is 0.300. The van der Waals surface area contributed by atoms with Gasteiger partial charge in [0, 0.05) is 37.8 Å². The Morgan fingerprint density at radius 2 is 1.90 bits per heavy atom. The topological polar surface area (TPSA) is 119 Å². The Morgan fingerprint density at radius 3 is 2.64 bits per heavy atom. The first kappa shape index (κ1) is 26.1. The Hall–Kier alpha value is -4.53. The number of aldehydes is 1. The minimum Gasteiger partial charge on any atom is -0.327 e. The van der Waals surface area contributed by atoms with E-state index in [1.807, 2.05) is 30.4 Å². The lowest BCUT2D eigenvalue weighted by atomic mass is 9.98. The average Bonchev–Trinajstić information content (AvgIpc) is 3.61. The number of fused-ring (bicyclic) bond motifs is 1. The van der Waals surface area contributed by atoms with Crippen LogP contribution in [0.3, 0.4) is 0 Å². The largest absolute Gasteiger partial charge is 0.327 e. The zero-order chi connectivity index (χ0) is 27.0. The Labute approximate surface area is 227 Å². The second kappa shape index (κ2) is 12.3. The number of allylic oxidation sites excluding steroid dienone is 1. The van der Waals surface area contributed by atoms with Gasteiger partial charge in [0.2, 0.25) is 5.91 Å². The lowest BCUT2D eigenvalue weighted by Gasteiger charge is -2.15. The van der Waals surface area contributed by atoms with Crippen LogP contribution in [0.1, 0.15) is 61.8 Å². The average molecular weight is 522 g/mol. The number of carbonyl (C=O) groups excluding carboxylic acids is 2. The van der Waals surface area contributed by atoms with Crippen LogP contribution in [-0.4, -0.2) is 48.1 Å². The van der Waals surface area contributed by atoms with Crippen LogP contribution in [0.5, 0.6) is 0 Å². The lowest BCUT2D eigenvalue weighted by Crippen LogP contribution is -2.15. The molecule has 0 radical (unpaired) electrons. The number of tetrazole rings is 1. The summed E-state index contributed by atoms with van der Waals surface area (Å²) in [7, 11) is 0. The molecule has 2 aromatic carbocycles. The molecule has 0 saturated carbocycles. The first-order valence-corrected chi connectivity index (χ1v) is 13.4. The molecule has 0 aliphatic heterocycles. The summed E-state index contributed by atoms with van der Waals surface area (Å²) in [6.07, 6.45) is 9.47. The normalized spacial score (nSPS) is 13.5. The van der Waals surface area contributed by atoms with Crippen LogP contribution < -0.4 is 0 Å². The highest BCUT2D eigenvalue weighted by molar-refractivity contribution is 6.07. The van der Waals surface area contributed by atoms with E-state index in [1.165, 1.54) is 0 Å². The van der Waals surface area contributed by atoms with Crippen molar-refractivity contribution in [3.05, 3.63) is 77.4 Å². The standard InChI is InChI=1S/C30H31N7O2/c1-2-3-10-28-32-26-17-16-23(31-29(39)11-6-7-18-38)19-27(26)37(28)20-21-12-14-22(15-13-21)24-8-4-5-9-25(24)30-33-35-36-34-30/h4-5,8-9,12-18H,2-3,6-7,10-11,19-20H2,1H3,(H,33,34,35,36). The maximum absolute atomic E-state index is 12.3. The van der Waals surface area contributed by atoms with Gasteiger partial charge in [0.1, 0.15) is 12.1 Å². The number of amides is 1. The number of rotatable bonds is 11. The van der Waals surface area contributed by atoms with Crippen molar-refractivity contribution in [3.8, 4) is 22.5 Å². The zero-order valence-corrected chi connectivity index (χ0v) is 22.0. The SMILES string of the molecule is CCCCc1nc2c(n1Cc1ccc(-c3ccccc3-c3nnn[nH]3)cc1)CC(=NC(=O)CCCC=O)C=C2. The molecule has 5 rings (SSSR count). The molecule has 1 N–H and O–H groups in total. The Bertz CT molecular complexity index is 1500. The van der Waals surface area contributed by atoms with E-state index in [0.717, 1.165) is 70.7 Å². The molecule has 9 heteroatoms. The number of aryl methyl sites for hydroxylation is 1. The molecule has 0 spiro atoms. The van der Waals surface area contributed by atoms with Crippen molar-refractivity contribution in [1.82, 2.24) is 30.2 Å². The Kier molecular flexibility index (Phi) is 8.26. The number of nitrogens with one attached hydrogen (secondary N) is 1. The quantitative estimate of drug-likeness (QED) is 0.218. The Morgan fingerprint density at radius 1 is 1.08 bits per heavy atom. The van der Waals surface area contributed by atoms with Gasteiger partial charge >= 0.3 is 0 Å². The van der Waals surface area contributed by atoms with Crippen LogP contribution in [0.15, 0.2) is 59.6 Å². The first-order valence-electron chi connectivity index (χ1n) is 13.4. The van der Waals surface area contributed by atoms with E-state index in [2.05, 4.69) is 67.4 Å². The third kappa shape index (κ3) is 6.14. The molecule has 0 unspecified atom stereocenters. The van der Waals surface area contributed by atoms with Crippen LogP contribution in [-0.2, 0) is 29.0 Å². The second-order valence-electron chi connectivity index (χ2n) is 9.61. The van der Waals surface area contributed by atoms with E-state index in [-0.39, 0.29) is 12.3 Å². The van der Waals surface area contributed by atoms with Gasteiger partial charge in [-0.1, -0.05) is 61.9 Å². The highest BCUT2D eigenvalue weighted by Gasteiger charge is 2.21. The van der Waals surface area contributed by atoms with Gasteiger partial charge in [0.25, 0.3) is 0 Å². The number of aromatic nitrogens is 6. The summed E-state index contributed by atoms with van der Waals surface area (Å²) in [6.45, 7) is 2.86. The van der Waals surface area contributed by atoms with Crippen molar-refractivity contribution in [2.45, 2.75) is 58.4 Å². The summed E-state index contributed by atoms with van der Waals surface area (Å²) in [5.41, 5.74) is 6.99. The number of imidazole rings is 1. The molecular weight excluding hydrogens is 490 g/mol. The van der Waals surface area contributed by atoms with Crippen LogP contribution in [0.4, 0.5) is 0 Å². The zero-order valence-electron chi connectivity index (χ0n) is 22.0. The van der Waals surface area contributed by atoms with Crippen molar-refractivity contribution in [2.24, 2.45) is 4.99 Å². The summed E-state index contributed by atoms with van der Waals surface area (Å²) >= 11 is 0. The number of hydrogen-bond acceptors (Lipinski definition) is 6. The van der Waals surface area contributed by atoms with Crippen molar-refractivity contribution in [3.63, 3.8) is 0 Å². The summed E-state index contributed by atoms with van der Waals surface area (Å²) in [4.78, 5) is 32.1. The number of carbonyl (C=O) groups is 2. The lowest BCUT2D eigenvalue weighted by molar-refractivity contribution is -0.117. The smallest absolute Gasteiger partial charge is 0.245 e. The van der Waals surface area contributed by atoms with Crippen LogP contribution >= 0.6 is 0 Å². The number of aliphatic imine (C=N–C) groups is 1. The van der Waals surface area contributed by atoms with Gasteiger partial charge in [-0.25, -0.2) is 15.1 Å². The second-order valence-corrected chi connectivity index (χ2v) is 9.61. The molecule has 198 valence electrons. The van der Waals surface area contributed by atoms with Gasteiger partial charge < -0.3 is 9.36 Å². The van der Waals surface area contributed by atoms with Gasteiger partial charge in [-0.3, -0.25) is 4.79 Å². The van der Waals surface area contributed by atoms with E-state index in [9.17, 15) is 9.59 Å². The summed E-state index contributed by atoms with van der Waals surface area (Å²) < 4.78 is 2.28. The fourth-order valence-electron chi connectivity index (χ4n) is 4.81. The van der Waals surface area contributed by atoms with Gasteiger partial charge in [0.05, 0.1) is 17.1 Å². The number of H-pyrrole nitrogens is 1. The maximum Gasteiger partial charge on any atom is 0.245 e. The third-order valence-electron chi connectivity index (χ3n) is 6.83. The van der Waals surface area contributed by atoms with Crippen LogP contribution in [0.25, 0.3) is 28.6 Å². The van der Waals surface area contributed by atoms with Gasteiger partial charge in [-0.05, 0) is 52.1 Å². The minimum absolute atomic E-state index is 0.186. The highest BCUT2D eigenvalue weighted by atomic mass is 16.1. The van der Waals surface area contributed by atoms with Gasteiger partial charge in [-0.2, -0.15) is 0 Å². The number of aromatic amines is 1. The number of unbranched alkanes of at least 4 members (excludes halogenated alkanes) is 2. The Balaban J connectivity index is 1.39. The van der Waals surface area contributed by atoms with Crippen LogP contribution in [0.2, 0.25) is 0 Å². The molecule has 2 heterocycles. The molecule has 0 bridgehead atoms. The molecular formula is C30H31N7O2. The summed E-state index contributed by atoms with van der Waals surface area (Å²) in [5, 5.41) is 14.4. The van der Waals surface area contributed by atoms with E-state index < -0.39 is 0 Å². The van der Waals surface area contributed by atoms with Crippen LogP contribution in [0, 0.1) is 0 Å². The molecule has 1 aliphatic rings. The molecule has 1 aliphatic carbocycles. The predicted octanol–water partition coefficient (Wildman–Crippen LogP) is 5.03. The highest BCUT2D eigenvalue weighted by Crippen LogP contribution is 2.30. The first-order chi connectivity index (χ1) is 19.2. The maximum atomic E-state index is 12.3. The number of nitrogens with zero attached hydrogens (tertiary/aromatic N) is 6. The molecule has 2 aromatic heterocycles. The minimum atomic E-state index is -0.186. The molecule has 39 heavy (non-hydrogen) atoms. The molecule has 4 aromatic rings. The van der Waals surface area contributed by atoms with Gasteiger partial charge in [-0.15, -0.1) is 5.10 Å². The van der Waals surface area contributed by atoms with E-state index in [0.29, 0.717) is 31.6 Å². The number of benzene rings is 2. The van der Waals surface area contributed by atoms with E-state index in [4.69, 9.17) is 4.98 Å². The van der Waals surface area contributed by atoms with Crippen molar-refractivity contribution >= 4 is 24.0 Å². The third-order valence-corrected chi connectivity index (χ3v) is 6.83.